The molecule has 0 bridgehead atoms. The summed E-state index contributed by atoms with van der Waals surface area (Å²) >= 11 is 0. The Labute approximate surface area is 185 Å². The van der Waals surface area contributed by atoms with Crippen molar-refractivity contribution in [2.45, 2.75) is 13.5 Å². The molecule has 0 saturated heterocycles. The predicted molar refractivity (Wildman–Crippen MR) is 118 cm³/mol. The van der Waals surface area contributed by atoms with E-state index in [-0.39, 0.29) is 29.8 Å². The number of carbonyl (C=O) groups is 2. The predicted octanol–water partition coefficient (Wildman–Crippen LogP) is 2.29. The van der Waals surface area contributed by atoms with Gasteiger partial charge in [0.25, 0.3) is 11.8 Å². The third-order valence-electron chi connectivity index (χ3n) is 4.74. The maximum absolute atomic E-state index is 12.6. The molecule has 10 nitrogen and oxygen atoms in total. The van der Waals surface area contributed by atoms with Crippen LogP contribution >= 0.6 is 0 Å². The number of hydrogen-bond acceptors (Lipinski definition) is 7. The fourth-order valence-electron chi connectivity index (χ4n) is 3.07. The van der Waals surface area contributed by atoms with Crippen LogP contribution in [0.4, 0.5) is 5.69 Å². The van der Waals surface area contributed by atoms with Crippen LogP contribution in [0.1, 0.15) is 26.4 Å². The molecule has 1 heterocycles. The number of hydrogen-bond donors (Lipinski definition) is 2. The van der Waals surface area contributed by atoms with Crippen LogP contribution in [0, 0.1) is 6.92 Å². The van der Waals surface area contributed by atoms with Crippen molar-refractivity contribution >= 4 is 17.5 Å². The number of nitrogens with one attached hydrogen (secondary N) is 2. The lowest BCUT2D eigenvalue weighted by Crippen LogP contribution is -2.28. The summed E-state index contributed by atoms with van der Waals surface area (Å²) < 4.78 is 17.4. The molecule has 2 amide bonds. The van der Waals surface area contributed by atoms with Gasteiger partial charge in [-0.2, -0.15) is 0 Å². The molecule has 168 valence electrons. The molecule has 0 spiro atoms. The average molecular weight is 439 g/mol. The third-order valence-corrected chi connectivity index (χ3v) is 4.74. The summed E-state index contributed by atoms with van der Waals surface area (Å²) in [6.07, 6.45) is 1.52. The smallest absolute Gasteiger partial charge is 0.277 e. The van der Waals surface area contributed by atoms with Crippen LogP contribution in [-0.4, -0.2) is 54.7 Å². The number of aryl methyl sites for hydroxylation is 1. The molecule has 0 fully saturated rings. The van der Waals surface area contributed by atoms with Crippen LogP contribution < -0.4 is 24.8 Å². The molecule has 2 N–H and O–H groups in total. The molecule has 10 heteroatoms. The highest BCUT2D eigenvalue weighted by Gasteiger charge is 2.20. The fraction of sp³-hybridized carbons (Fsp3) is 0.273. The van der Waals surface area contributed by atoms with E-state index in [4.69, 9.17) is 14.2 Å². The van der Waals surface area contributed by atoms with Gasteiger partial charge in [-0.3, -0.25) is 9.59 Å². The van der Waals surface area contributed by atoms with E-state index in [9.17, 15) is 9.59 Å². The van der Waals surface area contributed by atoms with Crippen LogP contribution in [0.5, 0.6) is 17.2 Å². The average Bonchev–Trinajstić information content (AvgIpc) is 3.28. The van der Waals surface area contributed by atoms with E-state index in [0.29, 0.717) is 29.3 Å². The van der Waals surface area contributed by atoms with Crippen molar-refractivity contribution in [3.8, 4) is 17.2 Å². The minimum absolute atomic E-state index is 0.182. The number of anilines is 1. The van der Waals surface area contributed by atoms with Crippen molar-refractivity contribution < 1.29 is 23.8 Å². The summed E-state index contributed by atoms with van der Waals surface area (Å²) in [4.78, 5) is 25.0. The lowest BCUT2D eigenvalue weighted by Gasteiger charge is -2.15. The van der Waals surface area contributed by atoms with Gasteiger partial charge in [0, 0.05) is 12.2 Å². The molecule has 0 radical (unpaired) electrons. The summed E-state index contributed by atoms with van der Waals surface area (Å²) in [7, 11) is 4.43. The van der Waals surface area contributed by atoms with Crippen molar-refractivity contribution in [1.82, 2.24) is 20.3 Å². The van der Waals surface area contributed by atoms with E-state index in [2.05, 4.69) is 20.9 Å². The van der Waals surface area contributed by atoms with E-state index in [1.54, 1.807) is 12.1 Å². The molecule has 0 saturated carbocycles. The quantitative estimate of drug-likeness (QED) is 0.525. The minimum Gasteiger partial charge on any atom is -0.493 e. The summed E-state index contributed by atoms with van der Waals surface area (Å²) in [6, 6.07) is 10.7. The van der Waals surface area contributed by atoms with Crippen molar-refractivity contribution in [2.24, 2.45) is 0 Å². The topological polar surface area (TPSA) is 117 Å². The Morgan fingerprint density at radius 1 is 0.969 bits per heavy atom. The van der Waals surface area contributed by atoms with Gasteiger partial charge in [-0.1, -0.05) is 23.4 Å². The van der Waals surface area contributed by atoms with Crippen LogP contribution in [0.25, 0.3) is 0 Å². The van der Waals surface area contributed by atoms with Crippen molar-refractivity contribution in [2.75, 3.05) is 33.2 Å². The highest BCUT2D eigenvalue weighted by Crippen LogP contribution is 2.39. The molecule has 2 aromatic carbocycles. The van der Waals surface area contributed by atoms with Gasteiger partial charge in [-0.25, -0.2) is 4.68 Å². The number of methoxy groups -OCH3 is 3. The van der Waals surface area contributed by atoms with Gasteiger partial charge in [-0.15, -0.1) is 5.10 Å². The number of para-hydroxylation sites is 1. The first-order valence-corrected chi connectivity index (χ1v) is 9.82. The van der Waals surface area contributed by atoms with Gasteiger partial charge < -0.3 is 24.8 Å². The van der Waals surface area contributed by atoms with E-state index >= 15 is 0 Å². The first-order valence-electron chi connectivity index (χ1n) is 9.82. The lowest BCUT2D eigenvalue weighted by atomic mass is 10.1. The maximum atomic E-state index is 12.6. The fourth-order valence-corrected chi connectivity index (χ4v) is 3.07. The molecule has 0 aliphatic rings. The monoisotopic (exact) mass is 439 g/mol. The van der Waals surface area contributed by atoms with E-state index in [0.717, 1.165) is 5.56 Å². The summed E-state index contributed by atoms with van der Waals surface area (Å²) in [5.74, 6) is 0.369. The highest BCUT2D eigenvalue weighted by atomic mass is 16.5. The number of ether oxygens (including phenoxy) is 3. The Kier molecular flexibility index (Phi) is 7.27. The standard InChI is InChI=1S/C22H25N5O5/c1-14-7-5-6-8-16(14)24-22(29)17-13-27(26-25-17)12-11-23-21(28)15-9-10-18(30-2)20(32-4)19(15)31-3/h5-10,13H,11-12H2,1-4H3,(H,23,28)(H,24,29). The van der Waals surface area contributed by atoms with E-state index in [1.807, 2.05) is 31.2 Å². The summed E-state index contributed by atoms with van der Waals surface area (Å²) in [5, 5.41) is 13.5. The number of rotatable bonds is 9. The molecular formula is C22H25N5O5. The number of amides is 2. The number of benzene rings is 2. The molecule has 0 aliphatic carbocycles. The van der Waals surface area contributed by atoms with Gasteiger partial charge >= 0.3 is 0 Å². The first-order chi connectivity index (χ1) is 15.5. The second-order valence-electron chi connectivity index (χ2n) is 6.77. The highest BCUT2D eigenvalue weighted by molar-refractivity contribution is 6.03. The number of nitrogens with zero attached hydrogens (tertiary/aromatic N) is 3. The van der Waals surface area contributed by atoms with Gasteiger partial charge in [0.1, 0.15) is 0 Å². The van der Waals surface area contributed by atoms with Gasteiger partial charge in [0.15, 0.2) is 17.2 Å². The summed E-state index contributed by atoms with van der Waals surface area (Å²) in [5.41, 5.74) is 2.15. The van der Waals surface area contributed by atoms with Crippen LogP contribution in [-0.2, 0) is 6.54 Å². The second kappa shape index (κ2) is 10.3. The van der Waals surface area contributed by atoms with Crippen LogP contribution in [0.3, 0.4) is 0 Å². The zero-order chi connectivity index (χ0) is 23.1. The van der Waals surface area contributed by atoms with E-state index in [1.165, 1.54) is 32.2 Å². The zero-order valence-electron chi connectivity index (χ0n) is 18.3. The number of carbonyl (C=O) groups excluding carboxylic acids is 2. The molecular weight excluding hydrogens is 414 g/mol. The van der Waals surface area contributed by atoms with Crippen molar-refractivity contribution in [3.05, 3.63) is 59.4 Å². The number of aromatic nitrogens is 3. The summed E-state index contributed by atoms with van der Waals surface area (Å²) in [6.45, 7) is 2.49. The minimum atomic E-state index is -0.357. The first kappa shape index (κ1) is 22.6. The Balaban J connectivity index is 1.59. The van der Waals surface area contributed by atoms with Gasteiger partial charge in [0.2, 0.25) is 5.75 Å². The zero-order valence-corrected chi connectivity index (χ0v) is 18.3. The SMILES string of the molecule is COc1ccc(C(=O)NCCn2cc(C(=O)Nc3ccccc3C)nn2)c(OC)c1OC. The second-order valence-corrected chi connectivity index (χ2v) is 6.77. The molecule has 3 aromatic rings. The molecule has 0 unspecified atom stereocenters. The molecule has 1 aromatic heterocycles. The van der Waals surface area contributed by atoms with Crippen molar-refractivity contribution in [3.63, 3.8) is 0 Å². The van der Waals surface area contributed by atoms with E-state index < -0.39 is 0 Å². The Bertz CT molecular complexity index is 1110. The third kappa shape index (κ3) is 4.97. The van der Waals surface area contributed by atoms with Crippen LogP contribution in [0.15, 0.2) is 42.6 Å². The molecule has 32 heavy (non-hydrogen) atoms. The largest absolute Gasteiger partial charge is 0.493 e. The lowest BCUT2D eigenvalue weighted by molar-refractivity contribution is 0.0947. The molecule has 0 atom stereocenters. The Morgan fingerprint density at radius 3 is 2.41 bits per heavy atom. The maximum Gasteiger partial charge on any atom is 0.277 e. The Morgan fingerprint density at radius 2 is 1.72 bits per heavy atom. The molecule has 0 aliphatic heterocycles. The van der Waals surface area contributed by atoms with Gasteiger partial charge in [0.05, 0.1) is 39.6 Å². The van der Waals surface area contributed by atoms with Crippen molar-refractivity contribution in [1.29, 1.82) is 0 Å². The normalized spacial score (nSPS) is 10.4. The molecule has 3 rings (SSSR count). The van der Waals surface area contributed by atoms with Crippen LogP contribution in [0.2, 0.25) is 0 Å². The van der Waals surface area contributed by atoms with Gasteiger partial charge in [-0.05, 0) is 30.7 Å². The Hall–Kier alpha value is -4.08.